The van der Waals surface area contributed by atoms with Crippen LogP contribution in [0.1, 0.15) is 71.1 Å². The summed E-state index contributed by atoms with van der Waals surface area (Å²) >= 11 is 0. The lowest BCUT2D eigenvalue weighted by Gasteiger charge is -2.39. The highest BCUT2D eigenvalue weighted by Crippen LogP contribution is 2.24. The summed E-state index contributed by atoms with van der Waals surface area (Å²) in [6.45, 7) is 7.00. The van der Waals surface area contributed by atoms with Gasteiger partial charge in [-0.15, -0.1) is 0 Å². The molecule has 4 N–H and O–H groups in total. The van der Waals surface area contributed by atoms with Crippen LogP contribution in [-0.2, 0) is 9.47 Å². The Hall–Kier alpha value is -0.0231. The van der Waals surface area contributed by atoms with E-state index < -0.39 is 45.4 Å². The molecule has 1 aliphatic rings. The van der Waals surface area contributed by atoms with Crippen LogP contribution in [0, 0.1) is 0 Å². The molecule has 1 rings (SSSR count). The van der Waals surface area contributed by atoms with Crippen LogP contribution in [0.2, 0.25) is 25.2 Å². The summed E-state index contributed by atoms with van der Waals surface area (Å²) < 4.78 is 11.1. The number of hydrogen-bond donors (Lipinski definition) is 4. The van der Waals surface area contributed by atoms with Crippen molar-refractivity contribution in [2.24, 2.45) is 0 Å². The minimum absolute atomic E-state index is 0.427. The first-order valence-corrected chi connectivity index (χ1v) is 15.2. The van der Waals surface area contributed by atoms with Crippen molar-refractivity contribution in [3.05, 3.63) is 0 Å². The van der Waals surface area contributed by atoms with Gasteiger partial charge in [-0.1, -0.05) is 90.3 Å². The van der Waals surface area contributed by atoms with E-state index in [-0.39, 0.29) is 0 Å². The van der Waals surface area contributed by atoms with Crippen LogP contribution in [0.4, 0.5) is 0 Å². The Morgan fingerprint density at radius 3 is 1.86 bits per heavy atom. The Labute approximate surface area is 178 Å². The molecular weight excluding hydrogens is 388 g/mol. The molecule has 0 amide bonds. The standard InChI is InChI=1S/C22H46O6Si/c1-4-5-6-7-8-9-10-11-12-13-15-29(2,3)16-14-27-22-21(26)20(25)19(24)18(17-23)28-22/h18-26H,4-17H2,1-3H3/t18-,19-,20+,21-,22+/m1/s1. The average Bonchev–Trinajstić information content (AvgIpc) is 2.69. The van der Waals surface area contributed by atoms with Crippen molar-refractivity contribution in [2.45, 2.75) is 127 Å². The lowest BCUT2D eigenvalue weighted by Crippen LogP contribution is -2.59. The molecule has 0 unspecified atom stereocenters. The Morgan fingerprint density at radius 2 is 1.31 bits per heavy atom. The van der Waals surface area contributed by atoms with E-state index in [9.17, 15) is 20.4 Å². The molecular formula is C22H46O6Si. The summed E-state index contributed by atoms with van der Waals surface area (Å²) in [5, 5.41) is 38.9. The fourth-order valence-corrected chi connectivity index (χ4v) is 6.00. The largest absolute Gasteiger partial charge is 0.394 e. The molecule has 0 spiro atoms. The molecule has 0 bridgehead atoms. The van der Waals surface area contributed by atoms with E-state index in [1.165, 1.54) is 70.3 Å². The average molecular weight is 435 g/mol. The van der Waals surface area contributed by atoms with Gasteiger partial charge >= 0.3 is 0 Å². The summed E-state index contributed by atoms with van der Waals surface area (Å²) in [6.07, 6.45) is 7.56. The fraction of sp³-hybridized carbons (Fsp3) is 1.00. The minimum atomic E-state index is -1.38. The van der Waals surface area contributed by atoms with Crippen LogP contribution >= 0.6 is 0 Å². The van der Waals surface area contributed by atoms with Crippen molar-refractivity contribution in [3.8, 4) is 0 Å². The summed E-state index contributed by atoms with van der Waals surface area (Å²) in [5.74, 6) is 0. The zero-order chi connectivity index (χ0) is 21.7. The number of hydrogen-bond acceptors (Lipinski definition) is 6. The van der Waals surface area contributed by atoms with E-state index in [0.29, 0.717) is 6.61 Å². The van der Waals surface area contributed by atoms with E-state index in [0.717, 1.165) is 6.04 Å². The first kappa shape index (κ1) is 27.0. The second-order valence-electron chi connectivity index (χ2n) is 9.41. The molecule has 0 saturated carbocycles. The highest BCUT2D eigenvalue weighted by atomic mass is 28.3. The van der Waals surface area contributed by atoms with Gasteiger partial charge in [-0.2, -0.15) is 0 Å². The maximum atomic E-state index is 10.0. The topological polar surface area (TPSA) is 99.4 Å². The van der Waals surface area contributed by atoms with Gasteiger partial charge in [0.15, 0.2) is 6.29 Å². The van der Waals surface area contributed by atoms with Crippen LogP contribution in [0.3, 0.4) is 0 Å². The molecule has 0 aromatic carbocycles. The first-order valence-electron chi connectivity index (χ1n) is 11.7. The first-order chi connectivity index (χ1) is 13.8. The molecule has 1 fully saturated rings. The highest BCUT2D eigenvalue weighted by molar-refractivity contribution is 6.77. The lowest BCUT2D eigenvalue weighted by molar-refractivity contribution is -0.300. The molecule has 7 heteroatoms. The quantitative estimate of drug-likeness (QED) is 0.219. The molecule has 0 aliphatic carbocycles. The van der Waals surface area contributed by atoms with E-state index in [1.807, 2.05) is 0 Å². The SMILES string of the molecule is CCCCCCCCCCCC[Si](C)(C)CCO[C@H]1O[C@H](CO)[C@@H](O)[C@H](O)[C@H]1O. The molecule has 1 aliphatic heterocycles. The van der Waals surface area contributed by atoms with Crippen molar-refractivity contribution in [1.29, 1.82) is 0 Å². The minimum Gasteiger partial charge on any atom is -0.394 e. The molecule has 1 saturated heterocycles. The van der Waals surface area contributed by atoms with Gasteiger partial charge in [0.05, 0.1) is 6.61 Å². The van der Waals surface area contributed by atoms with Crippen LogP contribution in [-0.4, -0.2) is 72.4 Å². The van der Waals surface area contributed by atoms with E-state index >= 15 is 0 Å². The van der Waals surface area contributed by atoms with Gasteiger partial charge in [0, 0.05) is 14.7 Å². The third-order valence-electron chi connectivity index (χ3n) is 6.12. The van der Waals surface area contributed by atoms with Crippen LogP contribution in [0.15, 0.2) is 0 Å². The number of rotatable bonds is 16. The van der Waals surface area contributed by atoms with Gasteiger partial charge in [-0.05, 0) is 6.04 Å². The zero-order valence-electron chi connectivity index (χ0n) is 18.9. The second kappa shape index (κ2) is 14.9. The van der Waals surface area contributed by atoms with Crippen molar-refractivity contribution in [2.75, 3.05) is 13.2 Å². The number of aliphatic hydroxyl groups is 4. The van der Waals surface area contributed by atoms with Crippen molar-refractivity contribution in [3.63, 3.8) is 0 Å². The maximum absolute atomic E-state index is 10.0. The third kappa shape index (κ3) is 10.7. The lowest BCUT2D eigenvalue weighted by atomic mass is 9.99. The third-order valence-corrected chi connectivity index (χ3v) is 9.38. The maximum Gasteiger partial charge on any atom is 0.186 e. The van der Waals surface area contributed by atoms with Crippen LogP contribution < -0.4 is 0 Å². The van der Waals surface area contributed by atoms with E-state index in [2.05, 4.69) is 20.0 Å². The van der Waals surface area contributed by atoms with Crippen LogP contribution in [0.25, 0.3) is 0 Å². The van der Waals surface area contributed by atoms with Crippen LogP contribution in [0.5, 0.6) is 0 Å². The molecule has 174 valence electrons. The summed E-state index contributed by atoms with van der Waals surface area (Å²) in [7, 11) is -1.38. The van der Waals surface area contributed by atoms with Crippen molar-refractivity contribution < 1.29 is 29.9 Å². The van der Waals surface area contributed by atoms with Gasteiger partial charge in [0.2, 0.25) is 0 Å². The molecule has 5 atom stereocenters. The van der Waals surface area contributed by atoms with Crippen molar-refractivity contribution in [1.82, 2.24) is 0 Å². The Balaban J connectivity index is 2.12. The molecule has 29 heavy (non-hydrogen) atoms. The summed E-state index contributed by atoms with van der Waals surface area (Å²) in [6, 6.07) is 2.22. The number of aliphatic hydroxyl groups excluding tert-OH is 4. The van der Waals surface area contributed by atoms with Crippen molar-refractivity contribution >= 4 is 8.07 Å². The summed E-state index contributed by atoms with van der Waals surface area (Å²) in [5.41, 5.74) is 0. The molecule has 0 radical (unpaired) electrons. The predicted molar refractivity (Wildman–Crippen MR) is 119 cm³/mol. The fourth-order valence-electron chi connectivity index (χ4n) is 3.87. The monoisotopic (exact) mass is 434 g/mol. The molecule has 1 heterocycles. The van der Waals surface area contributed by atoms with Gasteiger partial charge in [-0.25, -0.2) is 0 Å². The molecule has 0 aromatic heterocycles. The number of ether oxygens (including phenoxy) is 2. The molecule has 0 aromatic rings. The van der Waals surface area contributed by atoms with E-state index in [1.54, 1.807) is 0 Å². The Morgan fingerprint density at radius 1 is 0.759 bits per heavy atom. The zero-order valence-corrected chi connectivity index (χ0v) is 19.9. The Kier molecular flexibility index (Phi) is 13.9. The highest BCUT2D eigenvalue weighted by Gasteiger charge is 2.44. The second-order valence-corrected chi connectivity index (χ2v) is 14.7. The van der Waals surface area contributed by atoms with E-state index in [4.69, 9.17) is 9.47 Å². The van der Waals surface area contributed by atoms with Gasteiger partial charge < -0.3 is 29.9 Å². The summed E-state index contributed by atoms with van der Waals surface area (Å²) in [4.78, 5) is 0. The predicted octanol–water partition coefficient (Wildman–Crippen LogP) is 3.43. The Bertz CT molecular complexity index is 407. The molecule has 6 nitrogen and oxygen atoms in total. The smallest absolute Gasteiger partial charge is 0.186 e. The number of unbranched alkanes of at least 4 members (excludes halogenated alkanes) is 9. The van der Waals surface area contributed by atoms with Gasteiger partial charge in [-0.3, -0.25) is 0 Å². The van der Waals surface area contributed by atoms with Gasteiger partial charge in [0.1, 0.15) is 24.4 Å². The normalized spacial score (nSPS) is 28.0. The van der Waals surface area contributed by atoms with Gasteiger partial charge in [0.25, 0.3) is 0 Å².